The van der Waals surface area contributed by atoms with E-state index >= 15 is 0 Å². The van der Waals surface area contributed by atoms with Crippen LogP contribution < -0.4 is 5.73 Å². The lowest BCUT2D eigenvalue weighted by Crippen LogP contribution is -2.29. The lowest BCUT2D eigenvalue weighted by molar-refractivity contribution is -0.161. The summed E-state index contributed by atoms with van der Waals surface area (Å²) in [5.41, 5.74) is 5.35. The molecule has 0 amide bonds. The Morgan fingerprint density at radius 2 is 0.945 bits per heavy atom. The van der Waals surface area contributed by atoms with Gasteiger partial charge in [-0.15, -0.1) is 0 Å². The van der Waals surface area contributed by atoms with Crippen molar-refractivity contribution in [1.29, 1.82) is 0 Å². The molecule has 9 nitrogen and oxygen atoms in total. The van der Waals surface area contributed by atoms with Gasteiger partial charge in [-0.1, -0.05) is 159 Å². The number of esters is 2. The Labute approximate surface area is 337 Å². The van der Waals surface area contributed by atoms with Crippen molar-refractivity contribution in [2.45, 2.75) is 213 Å². The predicted molar refractivity (Wildman–Crippen MR) is 229 cm³/mol. The molecule has 2 unspecified atom stereocenters. The molecule has 0 aromatic heterocycles. The predicted octanol–water partition coefficient (Wildman–Crippen LogP) is 12.9. The van der Waals surface area contributed by atoms with E-state index in [9.17, 15) is 19.0 Å². The van der Waals surface area contributed by atoms with Gasteiger partial charge in [0.05, 0.1) is 13.2 Å². The first-order valence-electron chi connectivity index (χ1n) is 22.5. The molecule has 0 heterocycles. The van der Waals surface area contributed by atoms with Crippen molar-refractivity contribution in [1.82, 2.24) is 0 Å². The first kappa shape index (κ1) is 53.2. The highest BCUT2D eigenvalue weighted by Crippen LogP contribution is 2.43. The quantitative estimate of drug-likeness (QED) is 0.0268. The largest absolute Gasteiger partial charge is 0.472 e. The number of unbranched alkanes of at least 4 members (excludes halogenated alkanes) is 23. The van der Waals surface area contributed by atoms with E-state index in [0.29, 0.717) is 6.42 Å². The normalized spacial score (nSPS) is 13.6. The Balaban J connectivity index is 4.13. The fraction of sp³-hybridized carbons (Fsp3) is 0.822. The molecule has 0 aromatic rings. The Bertz CT molecular complexity index is 1000. The van der Waals surface area contributed by atoms with Crippen LogP contribution in [-0.2, 0) is 32.7 Å². The van der Waals surface area contributed by atoms with Gasteiger partial charge in [-0.2, -0.15) is 0 Å². The maximum atomic E-state index is 12.6. The number of carbonyl (C=O) groups excluding carboxylic acids is 2. The lowest BCUT2D eigenvalue weighted by Gasteiger charge is -2.19. The average Bonchev–Trinajstić information content (AvgIpc) is 3.17. The lowest BCUT2D eigenvalue weighted by atomic mass is 10.1. The summed E-state index contributed by atoms with van der Waals surface area (Å²) in [6, 6.07) is 0. The summed E-state index contributed by atoms with van der Waals surface area (Å²) in [7, 11) is -4.38. The van der Waals surface area contributed by atoms with Crippen molar-refractivity contribution >= 4 is 19.8 Å². The van der Waals surface area contributed by atoms with E-state index in [1.54, 1.807) is 0 Å². The molecule has 322 valence electrons. The zero-order chi connectivity index (χ0) is 40.3. The van der Waals surface area contributed by atoms with Gasteiger partial charge in [-0.05, 0) is 70.6 Å². The summed E-state index contributed by atoms with van der Waals surface area (Å²) in [6.07, 6.45) is 46.0. The molecule has 2 atom stereocenters. The van der Waals surface area contributed by atoms with Gasteiger partial charge >= 0.3 is 19.8 Å². The van der Waals surface area contributed by atoms with E-state index in [4.69, 9.17) is 24.3 Å². The minimum atomic E-state index is -4.38. The Morgan fingerprint density at radius 1 is 0.545 bits per heavy atom. The van der Waals surface area contributed by atoms with Crippen molar-refractivity contribution in [2.75, 3.05) is 26.4 Å². The molecule has 0 saturated carbocycles. The van der Waals surface area contributed by atoms with Crippen LogP contribution in [0.5, 0.6) is 0 Å². The van der Waals surface area contributed by atoms with E-state index in [2.05, 4.69) is 50.3 Å². The number of rotatable bonds is 42. The van der Waals surface area contributed by atoms with Crippen LogP contribution in [0.2, 0.25) is 0 Å². The molecule has 0 fully saturated rings. The fourth-order valence-electron chi connectivity index (χ4n) is 6.13. The van der Waals surface area contributed by atoms with Crippen LogP contribution in [0.1, 0.15) is 206 Å². The Hall–Kier alpha value is -1.77. The van der Waals surface area contributed by atoms with Gasteiger partial charge in [0, 0.05) is 19.4 Å². The first-order chi connectivity index (χ1) is 26.8. The third kappa shape index (κ3) is 41.7. The second kappa shape index (κ2) is 41.9. The summed E-state index contributed by atoms with van der Waals surface area (Å²) in [5, 5.41) is 0. The Morgan fingerprint density at radius 3 is 1.44 bits per heavy atom. The van der Waals surface area contributed by atoms with Crippen molar-refractivity contribution in [3.8, 4) is 0 Å². The van der Waals surface area contributed by atoms with E-state index in [1.165, 1.54) is 116 Å². The van der Waals surface area contributed by atoms with Gasteiger partial charge in [-0.3, -0.25) is 18.6 Å². The molecular formula is C45H84NO8P. The second-order valence-electron chi connectivity index (χ2n) is 14.9. The number of hydrogen-bond acceptors (Lipinski definition) is 8. The first-order valence-corrected chi connectivity index (χ1v) is 24.0. The van der Waals surface area contributed by atoms with Gasteiger partial charge < -0.3 is 20.1 Å². The van der Waals surface area contributed by atoms with Gasteiger partial charge in [0.25, 0.3) is 0 Å². The third-order valence-corrected chi connectivity index (χ3v) is 10.5. The number of hydrogen-bond donors (Lipinski definition) is 2. The van der Waals surface area contributed by atoms with Crippen LogP contribution >= 0.6 is 7.82 Å². The minimum Gasteiger partial charge on any atom is -0.462 e. The highest BCUT2D eigenvalue weighted by Gasteiger charge is 2.26. The molecule has 55 heavy (non-hydrogen) atoms. The second-order valence-corrected chi connectivity index (χ2v) is 16.4. The summed E-state index contributed by atoms with van der Waals surface area (Å²) in [4.78, 5) is 34.9. The van der Waals surface area contributed by atoms with Gasteiger partial charge in [0.1, 0.15) is 6.61 Å². The number of allylic oxidation sites excluding steroid dienone is 6. The van der Waals surface area contributed by atoms with Crippen LogP contribution in [0.3, 0.4) is 0 Å². The van der Waals surface area contributed by atoms with E-state index < -0.39 is 26.5 Å². The topological polar surface area (TPSA) is 134 Å². The Kier molecular flexibility index (Phi) is 40.5. The minimum absolute atomic E-state index is 0.0506. The van der Waals surface area contributed by atoms with Gasteiger partial charge in [0.2, 0.25) is 0 Å². The smallest absolute Gasteiger partial charge is 0.462 e. The van der Waals surface area contributed by atoms with Crippen molar-refractivity contribution in [2.24, 2.45) is 5.73 Å². The maximum absolute atomic E-state index is 12.6. The summed E-state index contributed by atoms with van der Waals surface area (Å²) in [5.74, 6) is -0.844. The number of ether oxygens (including phenoxy) is 2. The van der Waals surface area contributed by atoms with Crippen LogP contribution in [0.15, 0.2) is 36.5 Å². The summed E-state index contributed by atoms with van der Waals surface area (Å²) >= 11 is 0. The fourth-order valence-corrected chi connectivity index (χ4v) is 6.89. The molecule has 0 aliphatic carbocycles. The van der Waals surface area contributed by atoms with Gasteiger partial charge in [0.15, 0.2) is 6.10 Å². The third-order valence-electron chi connectivity index (χ3n) is 9.50. The van der Waals surface area contributed by atoms with Crippen LogP contribution in [-0.4, -0.2) is 49.3 Å². The summed E-state index contributed by atoms with van der Waals surface area (Å²) in [6.45, 7) is 3.69. The number of nitrogens with two attached hydrogens (primary N) is 1. The van der Waals surface area contributed by atoms with E-state index in [-0.39, 0.29) is 38.6 Å². The van der Waals surface area contributed by atoms with Crippen LogP contribution in [0.25, 0.3) is 0 Å². The molecule has 10 heteroatoms. The van der Waals surface area contributed by atoms with E-state index in [0.717, 1.165) is 57.8 Å². The zero-order valence-corrected chi connectivity index (χ0v) is 36.3. The highest BCUT2D eigenvalue weighted by atomic mass is 31.2. The molecule has 0 spiro atoms. The standard InChI is InChI=1S/C45H84NO8P/c1-3-5-7-9-11-13-15-17-19-20-21-22-24-25-27-29-31-33-35-37-44(47)51-41-43(42-53-55(49,50)52-40-39-46)54-45(48)38-36-34-32-30-28-26-23-18-16-14-12-10-8-6-4-2/h12,14,17-19,23,43H,3-11,13,15-16,20-22,24-42,46H2,1-2H3,(H,49,50)/b14-12-,19-17-,23-18-. The number of phosphoric ester groups is 1. The number of phosphoric acid groups is 1. The molecule has 0 radical (unpaired) electrons. The molecule has 0 rings (SSSR count). The molecule has 0 aromatic carbocycles. The van der Waals surface area contributed by atoms with E-state index in [1.807, 2.05) is 0 Å². The molecular weight excluding hydrogens is 713 g/mol. The maximum Gasteiger partial charge on any atom is 0.472 e. The summed E-state index contributed by atoms with van der Waals surface area (Å²) < 4.78 is 32.8. The van der Waals surface area contributed by atoms with Gasteiger partial charge in [-0.25, -0.2) is 4.57 Å². The molecule has 0 aliphatic rings. The average molecular weight is 798 g/mol. The zero-order valence-electron chi connectivity index (χ0n) is 35.4. The molecule has 0 bridgehead atoms. The van der Waals surface area contributed by atoms with Crippen molar-refractivity contribution in [3.05, 3.63) is 36.5 Å². The van der Waals surface area contributed by atoms with Crippen molar-refractivity contribution in [3.63, 3.8) is 0 Å². The SMILES string of the molecule is CCCCC/C=C\C/C=C\CCCCCCCC(=O)OC(COC(=O)CCCCCCCCCCC/C=C\CCCCCCCC)COP(=O)(O)OCCN. The highest BCUT2D eigenvalue weighted by molar-refractivity contribution is 7.47. The van der Waals surface area contributed by atoms with Crippen molar-refractivity contribution < 1.29 is 37.6 Å². The van der Waals surface area contributed by atoms with Crippen LogP contribution in [0, 0.1) is 0 Å². The molecule has 0 aliphatic heterocycles. The van der Waals surface area contributed by atoms with Crippen LogP contribution in [0.4, 0.5) is 0 Å². The molecule has 3 N–H and O–H groups in total. The molecule has 0 saturated heterocycles. The monoisotopic (exact) mass is 798 g/mol. The number of carbonyl (C=O) groups is 2.